The van der Waals surface area contributed by atoms with Gasteiger partial charge in [0.15, 0.2) is 0 Å². The maximum absolute atomic E-state index is 12.6. The molecular formula is C18H25ClN2O. The number of carbonyl (C=O) groups is 1. The monoisotopic (exact) mass is 320 g/mol. The van der Waals surface area contributed by atoms with E-state index in [1.54, 1.807) is 0 Å². The molecule has 1 heterocycles. The predicted octanol–water partition coefficient (Wildman–Crippen LogP) is 3.24. The minimum Gasteiger partial charge on any atom is -0.341 e. The highest BCUT2D eigenvalue weighted by molar-refractivity contribution is 6.30. The first-order valence-electron chi connectivity index (χ1n) is 7.85. The number of hydrogen-bond acceptors (Lipinski definition) is 2. The molecule has 0 fully saturated rings. The number of carbonyl (C=O) groups excluding carboxylic acids is 1. The zero-order chi connectivity index (χ0) is 16.1. The Labute approximate surface area is 138 Å². The maximum Gasteiger partial charge on any atom is 0.227 e. The molecule has 22 heavy (non-hydrogen) atoms. The third kappa shape index (κ3) is 4.59. The Balaban J connectivity index is 1.97. The molecule has 1 aliphatic rings. The van der Waals surface area contributed by atoms with Crippen LogP contribution in [0, 0.1) is 5.92 Å². The Morgan fingerprint density at radius 3 is 2.36 bits per heavy atom. The van der Waals surface area contributed by atoms with Crippen LogP contribution in [0.25, 0.3) is 0 Å². The van der Waals surface area contributed by atoms with Crippen LogP contribution in [-0.2, 0) is 11.2 Å². The zero-order valence-electron chi connectivity index (χ0n) is 13.6. The molecule has 0 saturated carbocycles. The van der Waals surface area contributed by atoms with E-state index in [0.29, 0.717) is 17.4 Å². The summed E-state index contributed by atoms with van der Waals surface area (Å²) < 4.78 is 0. The highest BCUT2D eigenvalue weighted by Crippen LogP contribution is 2.16. The van der Waals surface area contributed by atoms with Gasteiger partial charge in [0.25, 0.3) is 0 Å². The SMILES string of the molecule is CC(C)[C@@H](CN1CC=CC1)N(C)C(=O)Cc1ccc(Cl)cc1. The van der Waals surface area contributed by atoms with Crippen LogP contribution in [-0.4, -0.2) is 48.4 Å². The van der Waals surface area contributed by atoms with Crippen molar-refractivity contribution in [1.29, 1.82) is 0 Å². The van der Waals surface area contributed by atoms with Gasteiger partial charge in [-0.1, -0.05) is 49.7 Å². The maximum atomic E-state index is 12.6. The number of halogens is 1. The summed E-state index contributed by atoms with van der Waals surface area (Å²) in [6.07, 6.45) is 4.80. The molecule has 1 aromatic rings. The van der Waals surface area contributed by atoms with Crippen molar-refractivity contribution in [2.45, 2.75) is 26.3 Å². The molecule has 2 rings (SSSR count). The van der Waals surface area contributed by atoms with Crippen LogP contribution in [0.1, 0.15) is 19.4 Å². The van der Waals surface area contributed by atoms with Crippen molar-refractivity contribution in [3.05, 3.63) is 47.0 Å². The first kappa shape index (κ1) is 17.0. The third-order valence-electron chi connectivity index (χ3n) is 4.27. The minimum absolute atomic E-state index is 0.160. The molecule has 4 heteroatoms. The lowest BCUT2D eigenvalue weighted by atomic mass is 10.0. The van der Waals surface area contributed by atoms with E-state index in [2.05, 4.69) is 30.9 Å². The molecule has 120 valence electrons. The Kier molecular flexibility index (Phi) is 6.04. The van der Waals surface area contributed by atoms with Crippen molar-refractivity contribution in [2.24, 2.45) is 5.92 Å². The first-order chi connectivity index (χ1) is 10.5. The quantitative estimate of drug-likeness (QED) is 0.751. The van der Waals surface area contributed by atoms with E-state index in [0.717, 1.165) is 25.2 Å². The van der Waals surface area contributed by atoms with Gasteiger partial charge >= 0.3 is 0 Å². The Morgan fingerprint density at radius 2 is 1.82 bits per heavy atom. The van der Waals surface area contributed by atoms with E-state index in [1.165, 1.54) is 0 Å². The van der Waals surface area contributed by atoms with E-state index in [9.17, 15) is 4.79 Å². The van der Waals surface area contributed by atoms with E-state index in [1.807, 2.05) is 36.2 Å². The standard InChI is InChI=1S/C18H25ClN2O/c1-14(2)17(13-21-10-4-5-11-21)20(3)18(22)12-15-6-8-16(19)9-7-15/h4-9,14,17H,10-13H2,1-3H3/t17-/m1/s1. The molecule has 0 aromatic heterocycles. The summed E-state index contributed by atoms with van der Waals surface area (Å²) in [5, 5.41) is 0.700. The number of benzene rings is 1. The van der Waals surface area contributed by atoms with Gasteiger partial charge in [-0.25, -0.2) is 0 Å². The summed E-state index contributed by atoms with van der Waals surface area (Å²) in [7, 11) is 1.92. The van der Waals surface area contributed by atoms with Crippen molar-refractivity contribution in [1.82, 2.24) is 9.80 Å². The number of rotatable bonds is 6. The van der Waals surface area contributed by atoms with Crippen LogP contribution in [0.4, 0.5) is 0 Å². The molecule has 3 nitrogen and oxygen atoms in total. The molecule has 1 aromatic carbocycles. The van der Waals surface area contributed by atoms with E-state index >= 15 is 0 Å². The fourth-order valence-electron chi connectivity index (χ4n) is 2.80. The molecule has 0 radical (unpaired) electrons. The fourth-order valence-corrected chi connectivity index (χ4v) is 2.93. The fraction of sp³-hybridized carbons (Fsp3) is 0.500. The zero-order valence-corrected chi connectivity index (χ0v) is 14.4. The van der Waals surface area contributed by atoms with Crippen LogP contribution in [0.3, 0.4) is 0 Å². The van der Waals surface area contributed by atoms with Gasteiger partial charge in [-0.3, -0.25) is 9.69 Å². The van der Waals surface area contributed by atoms with Crippen molar-refractivity contribution >= 4 is 17.5 Å². The van der Waals surface area contributed by atoms with Gasteiger partial charge in [-0.15, -0.1) is 0 Å². The molecule has 0 unspecified atom stereocenters. The third-order valence-corrected chi connectivity index (χ3v) is 4.52. The minimum atomic E-state index is 0.160. The van der Waals surface area contributed by atoms with Crippen molar-refractivity contribution < 1.29 is 4.79 Å². The van der Waals surface area contributed by atoms with Gasteiger partial charge in [-0.05, 0) is 23.6 Å². The number of likely N-dealkylation sites (N-methyl/N-ethyl adjacent to an activating group) is 1. The Bertz CT molecular complexity index is 516. The molecule has 0 saturated heterocycles. The lowest BCUT2D eigenvalue weighted by Crippen LogP contribution is -2.47. The lowest BCUT2D eigenvalue weighted by Gasteiger charge is -2.34. The van der Waals surface area contributed by atoms with Crippen LogP contribution in [0.2, 0.25) is 5.02 Å². The average Bonchev–Trinajstić information content (AvgIpc) is 2.99. The largest absolute Gasteiger partial charge is 0.341 e. The topological polar surface area (TPSA) is 23.6 Å². The Morgan fingerprint density at radius 1 is 1.23 bits per heavy atom. The second-order valence-electron chi connectivity index (χ2n) is 6.31. The molecule has 0 spiro atoms. The molecular weight excluding hydrogens is 296 g/mol. The van der Waals surface area contributed by atoms with Gasteiger partial charge in [0.2, 0.25) is 5.91 Å². The predicted molar refractivity (Wildman–Crippen MR) is 92.1 cm³/mol. The summed E-state index contributed by atoms with van der Waals surface area (Å²) in [5.74, 6) is 0.591. The first-order valence-corrected chi connectivity index (χ1v) is 8.22. The van der Waals surface area contributed by atoms with Gasteiger partial charge in [-0.2, -0.15) is 0 Å². The molecule has 1 atom stereocenters. The number of amides is 1. The van der Waals surface area contributed by atoms with Crippen molar-refractivity contribution in [2.75, 3.05) is 26.7 Å². The van der Waals surface area contributed by atoms with Crippen LogP contribution >= 0.6 is 11.6 Å². The van der Waals surface area contributed by atoms with Crippen molar-refractivity contribution in [3.63, 3.8) is 0 Å². The second kappa shape index (κ2) is 7.80. The lowest BCUT2D eigenvalue weighted by molar-refractivity contribution is -0.132. The highest BCUT2D eigenvalue weighted by Gasteiger charge is 2.25. The van der Waals surface area contributed by atoms with E-state index in [4.69, 9.17) is 11.6 Å². The second-order valence-corrected chi connectivity index (χ2v) is 6.75. The molecule has 1 amide bonds. The van der Waals surface area contributed by atoms with Crippen LogP contribution in [0.15, 0.2) is 36.4 Å². The van der Waals surface area contributed by atoms with Crippen LogP contribution in [0.5, 0.6) is 0 Å². The smallest absolute Gasteiger partial charge is 0.227 e. The van der Waals surface area contributed by atoms with Crippen molar-refractivity contribution in [3.8, 4) is 0 Å². The summed E-state index contributed by atoms with van der Waals surface area (Å²) in [5.41, 5.74) is 1.01. The van der Waals surface area contributed by atoms with Crippen LogP contribution < -0.4 is 0 Å². The van der Waals surface area contributed by atoms with E-state index in [-0.39, 0.29) is 11.9 Å². The number of nitrogens with zero attached hydrogens (tertiary/aromatic N) is 2. The van der Waals surface area contributed by atoms with Gasteiger partial charge in [0, 0.05) is 37.7 Å². The molecule has 0 aliphatic carbocycles. The van der Waals surface area contributed by atoms with Gasteiger partial charge in [0.1, 0.15) is 0 Å². The molecule has 1 aliphatic heterocycles. The number of hydrogen-bond donors (Lipinski definition) is 0. The summed E-state index contributed by atoms with van der Waals surface area (Å²) in [6.45, 7) is 7.26. The summed E-state index contributed by atoms with van der Waals surface area (Å²) in [4.78, 5) is 16.9. The normalized spacial score (nSPS) is 16.2. The Hall–Kier alpha value is -1.32. The van der Waals surface area contributed by atoms with E-state index < -0.39 is 0 Å². The highest BCUT2D eigenvalue weighted by atomic mass is 35.5. The van der Waals surface area contributed by atoms with Gasteiger partial charge < -0.3 is 4.90 Å². The summed E-state index contributed by atoms with van der Waals surface area (Å²) in [6, 6.07) is 7.74. The van der Waals surface area contributed by atoms with Gasteiger partial charge in [0.05, 0.1) is 6.42 Å². The molecule has 0 N–H and O–H groups in total. The summed E-state index contributed by atoms with van der Waals surface area (Å²) >= 11 is 5.89. The molecule has 0 bridgehead atoms. The average molecular weight is 321 g/mol.